The van der Waals surface area contributed by atoms with Crippen LogP contribution in [0.3, 0.4) is 0 Å². The van der Waals surface area contributed by atoms with Crippen LogP contribution in [-0.4, -0.2) is 16.6 Å². The Kier molecular flexibility index (Phi) is 4.81. The minimum absolute atomic E-state index is 0.0366. The number of rotatable bonds is 4. The fourth-order valence-corrected chi connectivity index (χ4v) is 2.26. The third-order valence-corrected chi connectivity index (χ3v) is 4.97. The molecule has 3 atom stereocenters. The number of nitrogens with one attached hydrogen (secondary N) is 2. The van der Waals surface area contributed by atoms with Crippen molar-refractivity contribution < 1.29 is 9.59 Å². The van der Waals surface area contributed by atoms with Gasteiger partial charge in [0.05, 0.1) is 4.83 Å². The van der Waals surface area contributed by atoms with Gasteiger partial charge in [0.2, 0.25) is 5.91 Å². The van der Waals surface area contributed by atoms with Crippen LogP contribution in [-0.2, 0) is 9.59 Å². The summed E-state index contributed by atoms with van der Waals surface area (Å²) in [4.78, 5) is 23.4. The zero-order valence-corrected chi connectivity index (χ0v) is 13.2. The zero-order valence-electron chi connectivity index (χ0n) is 11.6. The minimum Gasteiger partial charge on any atom is -0.273 e. The second-order valence-electron chi connectivity index (χ2n) is 5.48. The molecule has 1 aliphatic rings. The summed E-state index contributed by atoms with van der Waals surface area (Å²) in [6, 6.07) is 9.97. The summed E-state index contributed by atoms with van der Waals surface area (Å²) in [7, 11) is 0. The van der Waals surface area contributed by atoms with Crippen molar-refractivity contribution in [3.8, 4) is 0 Å². The fraction of sp³-hybridized carbons (Fsp3) is 0.467. The minimum atomic E-state index is -0.299. The average Bonchev–Trinajstić information content (AvgIpc) is 3.24. The first-order valence-corrected chi connectivity index (χ1v) is 7.71. The molecule has 2 rings (SSSR count). The Morgan fingerprint density at radius 1 is 1.20 bits per heavy atom. The molecule has 1 aliphatic carbocycles. The zero-order chi connectivity index (χ0) is 14.7. The molecule has 2 amide bonds. The predicted molar refractivity (Wildman–Crippen MR) is 81.1 cm³/mol. The first-order chi connectivity index (χ1) is 9.50. The van der Waals surface area contributed by atoms with E-state index in [1.165, 1.54) is 5.56 Å². The summed E-state index contributed by atoms with van der Waals surface area (Å²) >= 11 is 3.30. The molecule has 0 radical (unpaired) electrons. The van der Waals surface area contributed by atoms with E-state index in [0.29, 0.717) is 0 Å². The van der Waals surface area contributed by atoms with Gasteiger partial charge in [0, 0.05) is 5.92 Å². The number of hydrogen-bond acceptors (Lipinski definition) is 2. The highest BCUT2D eigenvalue weighted by Gasteiger charge is 2.44. The first kappa shape index (κ1) is 15.0. The van der Waals surface area contributed by atoms with E-state index in [0.717, 1.165) is 6.42 Å². The molecular formula is C15H19BrN2O2. The SMILES string of the molecule is CC(C)[C@@H](Br)C(=O)NNC(=O)[C@H]1C[C@@H]1c1ccccc1. The Morgan fingerprint density at radius 2 is 1.85 bits per heavy atom. The van der Waals surface area contributed by atoms with Crippen LogP contribution >= 0.6 is 15.9 Å². The van der Waals surface area contributed by atoms with E-state index in [1.54, 1.807) is 0 Å². The molecule has 1 aromatic carbocycles. The summed E-state index contributed by atoms with van der Waals surface area (Å²) in [5, 5.41) is 0. The highest BCUT2D eigenvalue weighted by atomic mass is 79.9. The third kappa shape index (κ3) is 3.60. The molecule has 0 saturated heterocycles. The Morgan fingerprint density at radius 3 is 2.45 bits per heavy atom. The average molecular weight is 339 g/mol. The molecule has 5 heteroatoms. The monoisotopic (exact) mass is 338 g/mol. The van der Waals surface area contributed by atoms with Gasteiger partial charge in [0.1, 0.15) is 0 Å². The standard InChI is InChI=1S/C15H19BrN2O2/c1-9(2)13(16)15(20)18-17-14(19)12-8-11(12)10-6-4-3-5-7-10/h3-7,9,11-13H,8H2,1-2H3,(H,17,19)(H,18,20)/t11-,12+,13-/m1/s1. The van der Waals surface area contributed by atoms with E-state index in [9.17, 15) is 9.59 Å². The van der Waals surface area contributed by atoms with Crippen LogP contribution in [0.5, 0.6) is 0 Å². The maximum absolute atomic E-state index is 11.9. The Hall–Kier alpha value is -1.36. The second kappa shape index (κ2) is 6.39. The number of carbonyl (C=O) groups excluding carboxylic acids is 2. The van der Waals surface area contributed by atoms with Gasteiger partial charge in [-0.15, -0.1) is 0 Å². The van der Waals surface area contributed by atoms with Crippen molar-refractivity contribution in [1.29, 1.82) is 0 Å². The van der Waals surface area contributed by atoms with Gasteiger partial charge in [0.25, 0.3) is 5.91 Å². The Labute approximate surface area is 127 Å². The Balaban J connectivity index is 1.79. The van der Waals surface area contributed by atoms with E-state index < -0.39 is 0 Å². The second-order valence-corrected chi connectivity index (χ2v) is 6.47. The van der Waals surface area contributed by atoms with Gasteiger partial charge in [0.15, 0.2) is 0 Å². The van der Waals surface area contributed by atoms with Crippen LogP contribution in [0.25, 0.3) is 0 Å². The van der Waals surface area contributed by atoms with E-state index in [1.807, 2.05) is 44.2 Å². The number of carbonyl (C=O) groups is 2. The molecule has 4 nitrogen and oxygen atoms in total. The van der Waals surface area contributed by atoms with Gasteiger partial charge in [-0.1, -0.05) is 60.1 Å². The van der Waals surface area contributed by atoms with Crippen LogP contribution < -0.4 is 10.9 Å². The predicted octanol–water partition coefficient (Wildman–Crippen LogP) is 2.36. The molecule has 0 bridgehead atoms. The van der Waals surface area contributed by atoms with E-state index in [-0.39, 0.29) is 34.4 Å². The lowest BCUT2D eigenvalue weighted by molar-refractivity contribution is -0.129. The number of hydrogen-bond donors (Lipinski definition) is 2. The first-order valence-electron chi connectivity index (χ1n) is 6.79. The summed E-state index contributed by atoms with van der Waals surface area (Å²) < 4.78 is 0. The molecule has 0 unspecified atom stereocenters. The molecule has 1 fully saturated rings. The lowest BCUT2D eigenvalue weighted by atomic mass is 10.1. The molecule has 20 heavy (non-hydrogen) atoms. The summed E-state index contributed by atoms with van der Waals surface area (Å²) in [6.07, 6.45) is 0.841. The normalized spacial score (nSPS) is 22.2. The van der Waals surface area contributed by atoms with Gasteiger partial charge in [-0.2, -0.15) is 0 Å². The van der Waals surface area contributed by atoms with Crippen LogP contribution in [0.1, 0.15) is 31.7 Å². The topological polar surface area (TPSA) is 58.2 Å². The highest BCUT2D eigenvalue weighted by molar-refractivity contribution is 9.10. The molecule has 0 aromatic heterocycles. The van der Waals surface area contributed by atoms with Gasteiger partial charge in [-0.25, -0.2) is 0 Å². The smallest absolute Gasteiger partial charge is 0.252 e. The number of halogens is 1. The maximum Gasteiger partial charge on any atom is 0.252 e. The fourth-order valence-electron chi connectivity index (χ4n) is 2.14. The quantitative estimate of drug-likeness (QED) is 0.654. The van der Waals surface area contributed by atoms with Crippen LogP contribution in [0.15, 0.2) is 30.3 Å². The molecule has 0 spiro atoms. The molecular weight excluding hydrogens is 320 g/mol. The van der Waals surface area contributed by atoms with E-state index in [2.05, 4.69) is 26.8 Å². The van der Waals surface area contributed by atoms with Gasteiger partial charge >= 0.3 is 0 Å². The van der Waals surface area contributed by atoms with E-state index in [4.69, 9.17) is 0 Å². The lowest BCUT2D eigenvalue weighted by Gasteiger charge is -2.14. The lowest BCUT2D eigenvalue weighted by Crippen LogP contribution is -2.46. The third-order valence-electron chi connectivity index (χ3n) is 3.50. The van der Waals surface area contributed by atoms with Crippen molar-refractivity contribution in [3.63, 3.8) is 0 Å². The molecule has 2 N–H and O–H groups in total. The van der Waals surface area contributed by atoms with Crippen molar-refractivity contribution >= 4 is 27.7 Å². The molecule has 108 valence electrons. The van der Waals surface area contributed by atoms with Gasteiger partial charge in [-0.05, 0) is 23.8 Å². The largest absolute Gasteiger partial charge is 0.273 e. The molecule has 1 aromatic rings. The van der Waals surface area contributed by atoms with Gasteiger partial charge in [-0.3, -0.25) is 20.4 Å². The molecule has 0 aliphatic heterocycles. The summed E-state index contributed by atoms with van der Waals surface area (Å²) in [5.74, 6) is 0.0781. The van der Waals surface area contributed by atoms with Gasteiger partial charge < -0.3 is 0 Å². The van der Waals surface area contributed by atoms with Crippen LogP contribution in [0.4, 0.5) is 0 Å². The highest BCUT2D eigenvalue weighted by Crippen LogP contribution is 2.47. The maximum atomic E-state index is 11.9. The number of amides is 2. The van der Waals surface area contributed by atoms with E-state index >= 15 is 0 Å². The van der Waals surface area contributed by atoms with Crippen LogP contribution in [0.2, 0.25) is 0 Å². The van der Waals surface area contributed by atoms with Crippen LogP contribution in [0, 0.1) is 11.8 Å². The number of benzene rings is 1. The number of hydrazine groups is 1. The summed E-state index contributed by atoms with van der Waals surface area (Å²) in [5.41, 5.74) is 6.16. The Bertz CT molecular complexity index is 490. The van der Waals surface area contributed by atoms with Crippen molar-refractivity contribution in [1.82, 2.24) is 10.9 Å². The molecule has 0 heterocycles. The van der Waals surface area contributed by atoms with Crippen molar-refractivity contribution in [2.75, 3.05) is 0 Å². The van der Waals surface area contributed by atoms with Crippen molar-refractivity contribution in [2.24, 2.45) is 11.8 Å². The molecule has 1 saturated carbocycles. The van der Waals surface area contributed by atoms with Crippen molar-refractivity contribution in [3.05, 3.63) is 35.9 Å². The number of alkyl halides is 1. The van der Waals surface area contributed by atoms with Crippen molar-refractivity contribution in [2.45, 2.75) is 31.0 Å². The summed E-state index contributed by atoms with van der Waals surface area (Å²) in [6.45, 7) is 3.88.